The number of hydrogen-bond acceptors (Lipinski definition) is 5. The van der Waals surface area contributed by atoms with Crippen molar-refractivity contribution in [3.05, 3.63) is 0 Å². The Morgan fingerprint density at radius 1 is 1.09 bits per heavy atom. The first kappa shape index (κ1) is 11.3. The number of rotatable bonds is 6. The molecule has 0 aromatic heterocycles. The predicted molar refractivity (Wildman–Crippen MR) is 37.5 cm³/mol. The van der Waals surface area contributed by atoms with Gasteiger partial charge in [-0.2, -0.15) is 0 Å². The van der Waals surface area contributed by atoms with E-state index in [1.807, 2.05) is 0 Å². The lowest BCUT2D eigenvalue weighted by Gasteiger charge is -2.01. The van der Waals surface area contributed by atoms with Crippen LogP contribution in [0.3, 0.4) is 0 Å². The third-order valence-corrected chi connectivity index (χ3v) is 1.38. The molecule has 3 N–H and O–H groups in total. The third-order valence-electron chi connectivity index (χ3n) is 0.595. The minimum atomic E-state index is -2.94. The summed E-state index contributed by atoms with van der Waals surface area (Å²) >= 11 is 0. The molecule has 0 aliphatic rings. The highest BCUT2D eigenvalue weighted by molar-refractivity contribution is 7.32. The van der Waals surface area contributed by atoms with E-state index in [1.54, 1.807) is 0 Å². The lowest BCUT2D eigenvalue weighted by atomic mass is 11.1. The van der Waals surface area contributed by atoms with Gasteiger partial charge in [0.25, 0.3) is 0 Å². The predicted octanol–water partition coefficient (Wildman–Crippen LogP) is -0.712. The summed E-state index contributed by atoms with van der Waals surface area (Å²) in [6, 6.07) is 0. The maximum Gasteiger partial charge on any atom is 0.317 e. The molecule has 2 atom stereocenters. The molecule has 2 unspecified atom stereocenters. The highest BCUT2D eigenvalue weighted by Crippen LogP contribution is 2.14. The monoisotopic (exact) mass is 205 g/mol. The fourth-order valence-corrected chi connectivity index (χ4v) is 0.718. The van der Waals surface area contributed by atoms with Crippen molar-refractivity contribution in [2.24, 2.45) is 0 Å². The van der Waals surface area contributed by atoms with Gasteiger partial charge in [0, 0.05) is 0 Å². The van der Waals surface area contributed by atoms with E-state index < -0.39 is 16.5 Å². The molecule has 0 bridgehead atoms. The van der Waals surface area contributed by atoms with Gasteiger partial charge < -0.3 is 9.79 Å². The molecule has 0 heterocycles. The molecule has 0 rings (SSSR count). The van der Waals surface area contributed by atoms with E-state index in [9.17, 15) is 9.13 Å². The van der Waals surface area contributed by atoms with Gasteiger partial charge in [-0.3, -0.25) is 23.5 Å². The summed E-state index contributed by atoms with van der Waals surface area (Å²) in [6.45, 7) is -0.382. The van der Waals surface area contributed by atoms with Crippen LogP contribution in [0.15, 0.2) is 0 Å². The summed E-state index contributed by atoms with van der Waals surface area (Å²) in [5.41, 5.74) is 0. The van der Waals surface area contributed by atoms with Gasteiger partial charge in [0.1, 0.15) is 13.5 Å². The molecule has 0 saturated carbocycles. The van der Waals surface area contributed by atoms with Crippen LogP contribution in [0.5, 0.6) is 0 Å². The van der Waals surface area contributed by atoms with Crippen molar-refractivity contribution in [2.45, 2.75) is 0 Å². The van der Waals surface area contributed by atoms with Crippen LogP contribution in [-0.4, -0.2) is 23.2 Å². The van der Waals surface area contributed by atoms with Gasteiger partial charge in [0.2, 0.25) is 0 Å². The minimum Gasteiger partial charge on any atom is -0.326 e. The zero-order valence-electron chi connectivity index (χ0n) is 5.44. The first-order chi connectivity index (χ1) is 5.13. The van der Waals surface area contributed by atoms with Crippen molar-refractivity contribution < 1.29 is 28.0 Å². The molecule has 0 amide bonds. The lowest BCUT2D eigenvalue weighted by Crippen LogP contribution is -2.17. The summed E-state index contributed by atoms with van der Waals surface area (Å²) < 4.78 is 28.1. The quantitative estimate of drug-likeness (QED) is 0.298. The van der Waals surface area contributed by atoms with Crippen molar-refractivity contribution in [1.82, 2.24) is 5.32 Å². The van der Waals surface area contributed by atoms with E-state index in [4.69, 9.17) is 9.79 Å². The van der Waals surface area contributed by atoms with Crippen molar-refractivity contribution >= 4 is 16.5 Å². The molecule has 0 fully saturated rings. The molecule has 0 radical (unpaired) electrons. The zero-order chi connectivity index (χ0) is 8.69. The number of nitrogens with one attached hydrogen (secondary N) is 1. The molecule has 0 aromatic carbocycles. The van der Waals surface area contributed by atoms with Crippen LogP contribution < -0.4 is 5.32 Å². The summed E-state index contributed by atoms with van der Waals surface area (Å²) in [5, 5.41) is 2.33. The first-order valence-corrected chi connectivity index (χ1v) is 5.08. The molecule has 0 aliphatic carbocycles. The highest BCUT2D eigenvalue weighted by Gasteiger charge is 1.92. The van der Waals surface area contributed by atoms with Crippen molar-refractivity contribution in [1.29, 1.82) is 0 Å². The van der Waals surface area contributed by atoms with E-state index in [2.05, 4.69) is 14.4 Å². The SMILES string of the molecule is O=[PH](O)OCNCO[PH](=O)O. The van der Waals surface area contributed by atoms with Gasteiger partial charge in [0.05, 0.1) is 0 Å². The molecular weight excluding hydrogens is 196 g/mol. The molecular formula is C2H9NO6P2. The minimum absolute atomic E-state index is 0.191. The average molecular weight is 205 g/mol. The Morgan fingerprint density at radius 3 is 1.73 bits per heavy atom. The molecule has 68 valence electrons. The van der Waals surface area contributed by atoms with Crippen LogP contribution in [-0.2, 0) is 18.2 Å². The van der Waals surface area contributed by atoms with Gasteiger partial charge in [-0.15, -0.1) is 0 Å². The smallest absolute Gasteiger partial charge is 0.317 e. The maximum absolute atomic E-state index is 9.87. The Balaban J connectivity index is 3.03. The van der Waals surface area contributed by atoms with Crippen LogP contribution in [0, 0.1) is 0 Å². The Morgan fingerprint density at radius 2 is 1.45 bits per heavy atom. The summed E-state index contributed by atoms with van der Waals surface area (Å²) in [7, 11) is -5.87. The van der Waals surface area contributed by atoms with E-state index in [0.29, 0.717) is 0 Å². The van der Waals surface area contributed by atoms with Gasteiger partial charge in [-0.05, 0) is 0 Å². The zero-order valence-corrected chi connectivity index (χ0v) is 7.44. The van der Waals surface area contributed by atoms with Gasteiger partial charge in [-0.25, -0.2) is 0 Å². The maximum atomic E-state index is 9.87. The Bertz CT molecular complexity index is 134. The Kier molecular flexibility index (Phi) is 7.10. The molecule has 11 heavy (non-hydrogen) atoms. The standard InChI is InChI=1S/C2H9NO6P2/c4-10(5)8-1-3-2-9-11(6)7/h3,10-11H,1-2H2,(H,4,5)(H,6,7). The number of hydrogen-bond donors (Lipinski definition) is 3. The summed E-state index contributed by atoms with van der Waals surface area (Å²) in [6.07, 6.45) is 0. The van der Waals surface area contributed by atoms with Gasteiger partial charge >= 0.3 is 16.5 Å². The normalized spacial score (nSPS) is 16.2. The fourth-order valence-electron chi connectivity index (χ4n) is 0.267. The topological polar surface area (TPSA) is 105 Å². The van der Waals surface area contributed by atoms with Gasteiger partial charge in [-0.1, -0.05) is 0 Å². The molecule has 0 saturated heterocycles. The van der Waals surface area contributed by atoms with Crippen molar-refractivity contribution in [2.75, 3.05) is 13.5 Å². The van der Waals surface area contributed by atoms with Crippen LogP contribution in [0.25, 0.3) is 0 Å². The van der Waals surface area contributed by atoms with Crippen LogP contribution in [0.1, 0.15) is 0 Å². The second-order valence-electron chi connectivity index (χ2n) is 1.36. The Hall–Kier alpha value is 0.260. The van der Waals surface area contributed by atoms with Crippen LogP contribution in [0.2, 0.25) is 0 Å². The first-order valence-electron chi connectivity index (χ1n) is 2.55. The Labute approximate surface area is 64.2 Å². The summed E-state index contributed by atoms with van der Waals surface area (Å²) in [4.78, 5) is 16.2. The second-order valence-corrected chi connectivity index (χ2v) is 3.00. The lowest BCUT2D eigenvalue weighted by molar-refractivity contribution is 0.197. The van der Waals surface area contributed by atoms with Crippen molar-refractivity contribution in [3.8, 4) is 0 Å². The third kappa shape index (κ3) is 10.3. The fraction of sp³-hybridized carbons (Fsp3) is 1.00. The summed E-state index contributed by atoms with van der Waals surface area (Å²) in [5.74, 6) is 0. The largest absolute Gasteiger partial charge is 0.326 e. The average Bonchev–Trinajstić information content (AvgIpc) is 1.85. The van der Waals surface area contributed by atoms with E-state index in [1.165, 1.54) is 0 Å². The van der Waals surface area contributed by atoms with Crippen LogP contribution >= 0.6 is 16.5 Å². The van der Waals surface area contributed by atoms with E-state index in [0.717, 1.165) is 0 Å². The molecule has 0 aliphatic heterocycles. The second kappa shape index (κ2) is 6.94. The van der Waals surface area contributed by atoms with E-state index in [-0.39, 0.29) is 13.5 Å². The highest BCUT2D eigenvalue weighted by atomic mass is 31.1. The van der Waals surface area contributed by atoms with Crippen molar-refractivity contribution in [3.63, 3.8) is 0 Å². The molecule has 9 heteroatoms. The van der Waals surface area contributed by atoms with Crippen LogP contribution in [0.4, 0.5) is 0 Å². The van der Waals surface area contributed by atoms with Gasteiger partial charge in [0.15, 0.2) is 0 Å². The molecule has 0 spiro atoms. The van der Waals surface area contributed by atoms with E-state index >= 15 is 0 Å². The molecule has 0 aromatic rings. The molecule has 7 nitrogen and oxygen atoms in total.